The van der Waals surface area contributed by atoms with Crippen LogP contribution in [0.4, 0.5) is 0 Å². The van der Waals surface area contributed by atoms with Crippen LogP contribution in [0.15, 0.2) is 24.3 Å². The average molecular weight is 366 g/mol. The van der Waals surface area contributed by atoms with E-state index in [2.05, 4.69) is 10.6 Å². The summed E-state index contributed by atoms with van der Waals surface area (Å²) in [7, 11) is 0. The van der Waals surface area contributed by atoms with Gasteiger partial charge in [0.15, 0.2) is 0 Å². The lowest BCUT2D eigenvalue weighted by Crippen LogP contribution is -2.49. The van der Waals surface area contributed by atoms with Gasteiger partial charge in [-0.25, -0.2) is 4.79 Å². The van der Waals surface area contributed by atoms with Crippen molar-refractivity contribution < 1.29 is 24.6 Å². The third-order valence-electron chi connectivity index (χ3n) is 3.73. The van der Waals surface area contributed by atoms with Gasteiger partial charge in [0.25, 0.3) is 0 Å². The largest absolute Gasteiger partial charge is 0.508 e. The molecule has 0 radical (unpaired) electrons. The van der Waals surface area contributed by atoms with E-state index in [1.54, 1.807) is 12.1 Å². The van der Waals surface area contributed by atoms with Crippen molar-refractivity contribution in [3.63, 3.8) is 0 Å². The van der Waals surface area contributed by atoms with E-state index in [4.69, 9.17) is 16.6 Å². The van der Waals surface area contributed by atoms with Gasteiger partial charge in [-0.3, -0.25) is 9.59 Å². The van der Waals surface area contributed by atoms with Crippen LogP contribution in [0, 0.1) is 0 Å². The molecule has 0 heterocycles. The molecule has 0 aliphatic carbocycles. The highest BCUT2D eigenvalue weighted by molar-refractivity contribution is 5.89. The normalized spacial score (nSPS) is 12.8. The molecule has 0 aliphatic heterocycles. The van der Waals surface area contributed by atoms with E-state index in [1.807, 2.05) is 0 Å². The van der Waals surface area contributed by atoms with Crippen LogP contribution >= 0.6 is 0 Å². The number of phenolic OH excluding ortho intramolecular Hbond substituents is 1. The number of nitrogens with one attached hydrogen (secondary N) is 2. The first-order chi connectivity index (χ1) is 12.3. The summed E-state index contributed by atoms with van der Waals surface area (Å²) in [5, 5.41) is 23.1. The summed E-state index contributed by atoms with van der Waals surface area (Å²) in [4.78, 5) is 34.9. The minimum absolute atomic E-state index is 0.114. The number of carbonyl (C=O) groups is 3. The molecule has 1 rings (SSSR count). The Bertz CT molecular complexity index is 606. The van der Waals surface area contributed by atoms with E-state index >= 15 is 0 Å². The molecule has 2 unspecified atom stereocenters. The summed E-state index contributed by atoms with van der Waals surface area (Å²) in [6, 6.07) is 4.39. The predicted octanol–water partition coefficient (Wildman–Crippen LogP) is -0.923. The second-order valence-corrected chi connectivity index (χ2v) is 5.94. The van der Waals surface area contributed by atoms with E-state index < -0.39 is 29.9 Å². The van der Waals surface area contributed by atoms with E-state index in [-0.39, 0.29) is 25.1 Å². The van der Waals surface area contributed by atoms with Crippen LogP contribution in [-0.2, 0) is 20.8 Å². The highest BCUT2D eigenvalue weighted by Gasteiger charge is 2.20. The number of phenols is 1. The molecule has 1 aromatic rings. The number of carbonyl (C=O) groups excluding carboxylic acids is 2. The molecule has 8 N–H and O–H groups in total. The van der Waals surface area contributed by atoms with Crippen molar-refractivity contribution in [2.24, 2.45) is 11.5 Å². The Hall–Kier alpha value is -2.65. The molecular weight excluding hydrogens is 340 g/mol. The fraction of sp³-hybridized carbons (Fsp3) is 0.471. The van der Waals surface area contributed by atoms with Gasteiger partial charge in [0.1, 0.15) is 11.8 Å². The summed E-state index contributed by atoms with van der Waals surface area (Å²) in [5.41, 5.74) is 11.9. The smallest absolute Gasteiger partial charge is 0.326 e. The van der Waals surface area contributed by atoms with Crippen LogP contribution in [0.3, 0.4) is 0 Å². The SMILES string of the molecule is NCCCCC(NC(=O)CNC(=O)C(N)Cc1ccc(O)cc1)C(=O)O. The van der Waals surface area contributed by atoms with Gasteiger partial charge < -0.3 is 32.3 Å². The second kappa shape index (κ2) is 11.1. The van der Waals surface area contributed by atoms with Crippen molar-refractivity contribution in [2.45, 2.75) is 37.8 Å². The number of hydrogen-bond donors (Lipinski definition) is 6. The Morgan fingerprint density at radius 3 is 2.35 bits per heavy atom. The number of benzene rings is 1. The molecule has 1 aromatic carbocycles. The molecule has 2 amide bonds. The third-order valence-corrected chi connectivity index (χ3v) is 3.73. The lowest BCUT2D eigenvalue weighted by molar-refractivity contribution is -0.142. The minimum atomic E-state index is -1.13. The molecule has 9 nitrogen and oxygen atoms in total. The number of hydrogen-bond acceptors (Lipinski definition) is 6. The van der Waals surface area contributed by atoms with E-state index in [0.717, 1.165) is 5.56 Å². The molecule has 0 bridgehead atoms. The van der Waals surface area contributed by atoms with Crippen molar-refractivity contribution in [1.29, 1.82) is 0 Å². The molecule has 0 aromatic heterocycles. The summed E-state index contributed by atoms with van der Waals surface area (Å²) in [5.74, 6) is -2.15. The average Bonchev–Trinajstić information content (AvgIpc) is 2.60. The number of aliphatic carboxylic acids is 1. The lowest BCUT2D eigenvalue weighted by Gasteiger charge is -2.16. The van der Waals surface area contributed by atoms with Gasteiger partial charge in [0.2, 0.25) is 11.8 Å². The maximum Gasteiger partial charge on any atom is 0.326 e. The van der Waals surface area contributed by atoms with Crippen molar-refractivity contribution >= 4 is 17.8 Å². The highest BCUT2D eigenvalue weighted by Crippen LogP contribution is 2.10. The molecule has 0 aliphatic rings. The van der Waals surface area contributed by atoms with Crippen LogP contribution in [0.5, 0.6) is 5.75 Å². The van der Waals surface area contributed by atoms with Gasteiger partial charge in [0.05, 0.1) is 12.6 Å². The summed E-state index contributed by atoms with van der Waals surface area (Å²) < 4.78 is 0. The number of aromatic hydroxyl groups is 1. The molecule has 2 atom stereocenters. The Morgan fingerprint density at radius 2 is 1.77 bits per heavy atom. The van der Waals surface area contributed by atoms with Gasteiger partial charge in [-0.1, -0.05) is 12.1 Å². The fourth-order valence-electron chi connectivity index (χ4n) is 2.27. The van der Waals surface area contributed by atoms with Gasteiger partial charge in [-0.15, -0.1) is 0 Å². The molecule has 9 heteroatoms. The molecule has 144 valence electrons. The monoisotopic (exact) mass is 366 g/mol. The van der Waals surface area contributed by atoms with Crippen LogP contribution in [0.1, 0.15) is 24.8 Å². The quantitative estimate of drug-likeness (QED) is 0.275. The molecule has 26 heavy (non-hydrogen) atoms. The Labute approximate surface area is 151 Å². The van der Waals surface area contributed by atoms with Gasteiger partial charge >= 0.3 is 5.97 Å². The number of unbranched alkanes of at least 4 members (excludes halogenated alkanes) is 1. The third kappa shape index (κ3) is 7.95. The van der Waals surface area contributed by atoms with E-state index in [0.29, 0.717) is 19.4 Å². The van der Waals surface area contributed by atoms with E-state index in [9.17, 15) is 19.5 Å². The second-order valence-electron chi connectivity index (χ2n) is 5.94. The number of amides is 2. The number of nitrogens with two attached hydrogens (primary N) is 2. The lowest BCUT2D eigenvalue weighted by atomic mass is 10.1. The molecule has 0 saturated heterocycles. The van der Waals surface area contributed by atoms with Gasteiger partial charge in [-0.05, 0) is 49.9 Å². The standard InChI is InChI=1S/C17H26N4O5/c18-8-2-1-3-14(17(25)26)21-15(23)10-20-16(24)13(19)9-11-4-6-12(22)7-5-11/h4-7,13-14,22H,1-3,8-10,18-19H2,(H,20,24)(H,21,23)(H,25,26). The summed E-state index contributed by atoms with van der Waals surface area (Å²) in [6.45, 7) is 0.0953. The summed E-state index contributed by atoms with van der Waals surface area (Å²) >= 11 is 0. The van der Waals surface area contributed by atoms with Crippen molar-refractivity contribution in [3.8, 4) is 5.75 Å². The highest BCUT2D eigenvalue weighted by atomic mass is 16.4. The molecular formula is C17H26N4O5. The fourth-order valence-corrected chi connectivity index (χ4v) is 2.27. The first kappa shape index (κ1) is 21.4. The first-order valence-corrected chi connectivity index (χ1v) is 8.37. The maximum atomic E-state index is 12.0. The topological polar surface area (TPSA) is 168 Å². The minimum Gasteiger partial charge on any atom is -0.508 e. The maximum absolute atomic E-state index is 12.0. The number of carboxylic acid groups (broad SMARTS) is 1. The number of carboxylic acids is 1. The van der Waals surface area contributed by atoms with Crippen LogP contribution in [0.25, 0.3) is 0 Å². The van der Waals surface area contributed by atoms with Crippen molar-refractivity contribution in [3.05, 3.63) is 29.8 Å². The van der Waals surface area contributed by atoms with Crippen molar-refractivity contribution in [1.82, 2.24) is 10.6 Å². The zero-order valence-electron chi connectivity index (χ0n) is 14.5. The molecule has 0 spiro atoms. The van der Waals surface area contributed by atoms with E-state index in [1.165, 1.54) is 12.1 Å². The number of rotatable bonds is 11. The first-order valence-electron chi connectivity index (χ1n) is 8.37. The summed E-state index contributed by atoms with van der Waals surface area (Å²) in [6.07, 6.45) is 1.76. The molecule has 0 fully saturated rings. The van der Waals surface area contributed by atoms with Crippen LogP contribution in [-0.4, -0.2) is 53.2 Å². The Morgan fingerprint density at radius 1 is 1.12 bits per heavy atom. The zero-order valence-corrected chi connectivity index (χ0v) is 14.5. The molecule has 0 saturated carbocycles. The van der Waals surface area contributed by atoms with Gasteiger partial charge in [-0.2, -0.15) is 0 Å². The Balaban J connectivity index is 2.40. The van der Waals surface area contributed by atoms with Gasteiger partial charge in [0, 0.05) is 0 Å². The van der Waals surface area contributed by atoms with Crippen LogP contribution < -0.4 is 22.1 Å². The Kier molecular flexibility index (Phi) is 9.10. The zero-order chi connectivity index (χ0) is 19.5. The van der Waals surface area contributed by atoms with Crippen molar-refractivity contribution in [2.75, 3.05) is 13.1 Å². The van der Waals surface area contributed by atoms with Crippen LogP contribution in [0.2, 0.25) is 0 Å². The predicted molar refractivity (Wildman–Crippen MR) is 95.3 cm³/mol.